The van der Waals surface area contributed by atoms with Crippen LogP contribution in [0.15, 0.2) is 53.6 Å². The molecule has 0 spiro atoms. The average molecular weight is 503 g/mol. The minimum atomic E-state index is -3.96. The topological polar surface area (TPSA) is 85.7 Å². The third-order valence-corrected chi connectivity index (χ3v) is 7.83. The van der Waals surface area contributed by atoms with Crippen LogP contribution in [-0.4, -0.2) is 48.4 Å². The van der Waals surface area contributed by atoms with Gasteiger partial charge in [0, 0.05) is 35.3 Å². The number of rotatable bonds is 4. The fourth-order valence-corrected chi connectivity index (χ4v) is 6.06. The van der Waals surface area contributed by atoms with Gasteiger partial charge >= 0.3 is 6.09 Å². The Labute approximate surface area is 204 Å². The van der Waals surface area contributed by atoms with Crippen molar-refractivity contribution in [1.82, 2.24) is 8.87 Å². The lowest BCUT2D eigenvalue weighted by molar-refractivity contribution is 0.0205. The number of ether oxygens (including phenoxy) is 1. The highest BCUT2D eigenvalue weighted by molar-refractivity contribution is 7.90. The molecule has 1 fully saturated rings. The van der Waals surface area contributed by atoms with Crippen LogP contribution < -0.4 is 0 Å². The van der Waals surface area contributed by atoms with E-state index in [1.807, 2.05) is 26.8 Å². The Bertz CT molecular complexity index is 1350. The van der Waals surface area contributed by atoms with E-state index >= 15 is 0 Å². The Balaban J connectivity index is 1.68. The number of amides is 1. The normalized spacial score (nSPS) is 15.5. The summed E-state index contributed by atoms with van der Waals surface area (Å²) < 4.78 is 33.4. The van der Waals surface area contributed by atoms with Crippen LogP contribution >= 0.6 is 11.6 Å². The summed E-state index contributed by atoms with van der Waals surface area (Å²) in [5.41, 5.74) is 1.10. The molecule has 4 rings (SSSR count). The molecule has 1 amide bonds. The maximum absolute atomic E-state index is 13.4. The van der Waals surface area contributed by atoms with E-state index < -0.39 is 15.6 Å². The zero-order valence-electron chi connectivity index (χ0n) is 19.3. The number of benzene rings is 2. The predicted molar refractivity (Wildman–Crippen MR) is 131 cm³/mol. The minimum Gasteiger partial charge on any atom is -0.444 e. The number of carbonyl (C=O) groups excluding carboxylic acids is 2. The van der Waals surface area contributed by atoms with Crippen LogP contribution in [0.25, 0.3) is 10.9 Å². The number of likely N-dealkylation sites (tertiary alicyclic amines) is 1. The maximum Gasteiger partial charge on any atom is 0.410 e. The van der Waals surface area contributed by atoms with E-state index in [1.165, 1.54) is 18.3 Å². The first kappa shape index (κ1) is 24.3. The fraction of sp³-hybridized carbons (Fsp3) is 0.360. The molecule has 0 bridgehead atoms. The molecule has 2 aromatic carbocycles. The summed E-state index contributed by atoms with van der Waals surface area (Å²) in [6, 6.07) is 11.5. The number of piperidine rings is 1. The Kier molecular flexibility index (Phi) is 6.48. The van der Waals surface area contributed by atoms with Crippen LogP contribution in [0.5, 0.6) is 0 Å². The number of fused-ring (bicyclic) bond motifs is 1. The third-order valence-electron chi connectivity index (χ3n) is 5.92. The fourth-order valence-electron chi connectivity index (χ4n) is 4.39. The summed E-state index contributed by atoms with van der Waals surface area (Å²) in [5.74, 6) is 0.0748. The van der Waals surface area contributed by atoms with Crippen LogP contribution in [0.1, 0.15) is 55.5 Å². The van der Waals surface area contributed by atoms with Gasteiger partial charge in [-0.1, -0.05) is 29.8 Å². The maximum atomic E-state index is 13.4. The van der Waals surface area contributed by atoms with E-state index in [4.69, 9.17) is 16.3 Å². The van der Waals surface area contributed by atoms with E-state index in [0.29, 0.717) is 53.7 Å². The monoisotopic (exact) mass is 502 g/mol. The average Bonchev–Trinajstić information content (AvgIpc) is 3.18. The zero-order valence-corrected chi connectivity index (χ0v) is 20.9. The molecular weight excluding hydrogens is 476 g/mol. The van der Waals surface area contributed by atoms with Gasteiger partial charge in [0.25, 0.3) is 10.0 Å². The molecule has 0 N–H and O–H groups in total. The van der Waals surface area contributed by atoms with E-state index in [0.717, 1.165) is 9.54 Å². The van der Waals surface area contributed by atoms with Crippen molar-refractivity contribution in [3.05, 3.63) is 64.8 Å². The van der Waals surface area contributed by atoms with Gasteiger partial charge in [0.2, 0.25) is 0 Å². The molecule has 0 atom stereocenters. The van der Waals surface area contributed by atoms with E-state index in [9.17, 15) is 18.0 Å². The lowest BCUT2D eigenvalue weighted by Crippen LogP contribution is -2.41. The molecule has 1 aliphatic heterocycles. The van der Waals surface area contributed by atoms with Crippen molar-refractivity contribution in [3.63, 3.8) is 0 Å². The largest absolute Gasteiger partial charge is 0.444 e. The van der Waals surface area contributed by atoms with Gasteiger partial charge in [0.1, 0.15) is 5.60 Å². The minimum absolute atomic E-state index is 0.0467. The highest BCUT2D eigenvalue weighted by atomic mass is 35.5. The predicted octanol–water partition coefficient (Wildman–Crippen LogP) is 5.46. The molecule has 0 radical (unpaired) electrons. The Morgan fingerprint density at radius 1 is 1.12 bits per heavy atom. The first-order valence-corrected chi connectivity index (χ1v) is 12.9. The SMILES string of the molecule is CC(C)(C)OC(=O)N1CCC(c2cccc3c2c(C=O)cn3S(=O)(=O)c2cccc(Cl)c2)CC1. The zero-order chi connectivity index (χ0) is 24.7. The van der Waals surface area contributed by atoms with Gasteiger partial charge in [-0.2, -0.15) is 0 Å². The molecule has 0 unspecified atom stereocenters. The van der Waals surface area contributed by atoms with Crippen LogP contribution in [0.2, 0.25) is 5.02 Å². The Morgan fingerprint density at radius 3 is 2.41 bits per heavy atom. The first-order valence-electron chi connectivity index (χ1n) is 11.1. The van der Waals surface area contributed by atoms with Crippen molar-refractivity contribution in [2.75, 3.05) is 13.1 Å². The van der Waals surface area contributed by atoms with Crippen molar-refractivity contribution in [1.29, 1.82) is 0 Å². The second-order valence-corrected chi connectivity index (χ2v) is 11.7. The molecule has 34 heavy (non-hydrogen) atoms. The van der Waals surface area contributed by atoms with Gasteiger partial charge in [0.05, 0.1) is 10.4 Å². The molecule has 9 heteroatoms. The number of aromatic nitrogens is 1. The van der Waals surface area contributed by atoms with Crippen molar-refractivity contribution >= 4 is 44.9 Å². The number of hydrogen-bond acceptors (Lipinski definition) is 5. The van der Waals surface area contributed by atoms with Crippen molar-refractivity contribution in [2.45, 2.75) is 50.0 Å². The quantitative estimate of drug-likeness (QED) is 0.442. The molecule has 3 aromatic rings. The van der Waals surface area contributed by atoms with Gasteiger partial charge in [-0.25, -0.2) is 17.2 Å². The Morgan fingerprint density at radius 2 is 1.79 bits per heavy atom. The summed E-state index contributed by atoms with van der Waals surface area (Å²) in [6.45, 7) is 6.55. The number of halogens is 1. The highest BCUT2D eigenvalue weighted by Gasteiger charge is 2.30. The van der Waals surface area contributed by atoms with E-state index in [1.54, 1.807) is 29.2 Å². The molecular formula is C25H27ClN2O5S. The molecule has 7 nitrogen and oxygen atoms in total. The summed E-state index contributed by atoms with van der Waals surface area (Å²) in [5, 5.41) is 0.935. The smallest absolute Gasteiger partial charge is 0.410 e. The molecule has 0 saturated carbocycles. The molecule has 0 aliphatic carbocycles. The Hall–Kier alpha value is -2.84. The van der Waals surface area contributed by atoms with Crippen LogP contribution in [0.3, 0.4) is 0 Å². The van der Waals surface area contributed by atoms with E-state index in [-0.39, 0.29) is 16.9 Å². The van der Waals surface area contributed by atoms with Crippen LogP contribution in [-0.2, 0) is 14.8 Å². The highest BCUT2D eigenvalue weighted by Crippen LogP contribution is 2.37. The molecule has 2 heterocycles. The summed E-state index contributed by atoms with van der Waals surface area (Å²) in [6.07, 6.45) is 3.08. The van der Waals surface area contributed by atoms with Crippen molar-refractivity contribution in [2.24, 2.45) is 0 Å². The standard InChI is InChI=1S/C25H27ClN2O5S/c1-25(2,3)33-24(30)27-12-10-17(11-13-27)21-8-5-9-22-23(21)18(16-29)15-28(22)34(31,32)20-7-4-6-19(26)14-20/h4-9,14-17H,10-13H2,1-3H3. The molecule has 1 aromatic heterocycles. The second-order valence-electron chi connectivity index (χ2n) is 9.44. The lowest BCUT2D eigenvalue weighted by Gasteiger charge is -2.34. The second kappa shape index (κ2) is 9.07. The van der Waals surface area contributed by atoms with Gasteiger partial charge in [-0.05, 0) is 69.4 Å². The number of carbonyl (C=O) groups is 2. The number of nitrogens with zero attached hydrogens (tertiary/aromatic N) is 2. The molecule has 1 aliphatic rings. The molecule has 180 valence electrons. The van der Waals surface area contributed by atoms with Gasteiger partial charge in [-0.3, -0.25) is 4.79 Å². The lowest BCUT2D eigenvalue weighted by atomic mass is 9.87. The number of aldehydes is 1. The van der Waals surface area contributed by atoms with Gasteiger partial charge < -0.3 is 9.64 Å². The third kappa shape index (κ3) is 4.70. The number of hydrogen-bond donors (Lipinski definition) is 0. The van der Waals surface area contributed by atoms with Crippen molar-refractivity contribution in [3.8, 4) is 0 Å². The summed E-state index contributed by atoms with van der Waals surface area (Å²) >= 11 is 6.02. The van der Waals surface area contributed by atoms with E-state index in [2.05, 4.69) is 0 Å². The van der Waals surface area contributed by atoms with Crippen molar-refractivity contribution < 1.29 is 22.7 Å². The van der Waals surface area contributed by atoms with Crippen LogP contribution in [0, 0.1) is 0 Å². The van der Waals surface area contributed by atoms with Gasteiger partial charge in [0.15, 0.2) is 6.29 Å². The summed E-state index contributed by atoms with van der Waals surface area (Å²) in [4.78, 5) is 26.1. The molecule has 1 saturated heterocycles. The first-order chi connectivity index (χ1) is 16.0. The van der Waals surface area contributed by atoms with Gasteiger partial charge in [-0.15, -0.1) is 0 Å². The summed E-state index contributed by atoms with van der Waals surface area (Å²) in [7, 11) is -3.96. The van der Waals surface area contributed by atoms with Crippen LogP contribution in [0.4, 0.5) is 4.79 Å².